The number of carbonyl (C=O) groups is 4. The lowest BCUT2D eigenvalue weighted by molar-refractivity contribution is -0.145. The number of carboxylic acid groups (broad SMARTS) is 4. The van der Waals surface area contributed by atoms with Crippen molar-refractivity contribution in [3.8, 4) is 0 Å². The molecule has 0 rings (SSSR count). The summed E-state index contributed by atoms with van der Waals surface area (Å²) in [5, 5.41) is 37.6. The van der Waals surface area contributed by atoms with E-state index in [-0.39, 0.29) is 0 Å². The Hall–Kier alpha value is -2.20. The molecule has 0 saturated heterocycles. The zero-order valence-electron chi connectivity index (χ0n) is 11.0. The van der Waals surface area contributed by atoms with Crippen molar-refractivity contribution < 1.29 is 39.6 Å². The molecular formula is C10H18N2O8. The van der Waals surface area contributed by atoms with Crippen molar-refractivity contribution in [3.05, 3.63) is 0 Å². The zero-order chi connectivity index (χ0) is 16.3. The number of rotatable bonds is 8. The summed E-state index contributed by atoms with van der Waals surface area (Å²) in [5.74, 6) is -4.54. The molecule has 0 radical (unpaired) electrons. The maximum Gasteiger partial charge on any atom is 0.321 e. The second-order valence-corrected chi connectivity index (χ2v) is 3.55. The van der Waals surface area contributed by atoms with E-state index in [1.165, 1.54) is 14.1 Å². The number of carboxylic acids is 4. The lowest BCUT2D eigenvalue weighted by atomic mass is 10.2. The molecule has 0 bridgehead atoms. The van der Waals surface area contributed by atoms with Crippen molar-refractivity contribution in [1.29, 1.82) is 0 Å². The topological polar surface area (TPSA) is 173 Å². The van der Waals surface area contributed by atoms with Gasteiger partial charge in [-0.15, -0.1) is 0 Å². The number of aliphatic carboxylic acids is 4. The largest absolute Gasteiger partial charge is 0.481 e. The highest BCUT2D eigenvalue weighted by molar-refractivity contribution is 5.80. The van der Waals surface area contributed by atoms with Crippen LogP contribution in [-0.2, 0) is 19.2 Å². The van der Waals surface area contributed by atoms with Gasteiger partial charge < -0.3 is 31.1 Å². The van der Waals surface area contributed by atoms with Gasteiger partial charge in [0.05, 0.1) is 12.8 Å². The molecule has 0 aliphatic rings. The average molecular weight is 294 g/mol. The van der Waals surface area contributed by atoms with Crippen molar-refractivity contribution in [3.63, 3.8) is 0 Å². The second kappa shape index (κ2) is 10.7. The van der Waals surface area contributed by atoms with Gasteiger partial charge in [0.1, 0.15) is 12.1 Å². The molecule has 2 atom stereocenters. The number of likely N-dealkylation sites (N-methyl/N-ethyl adjacent to an activating group) is 2. The normalized spacial score (nSPS) is 12.5. The van der Waals surface area contributed by atoms with Crippen LogP contribution in [0.5, 0.6) is 0 Å². The van der Waals surface area contributed by atoms with E-state index in [0.29, 0.717) is 0 Å². The summed E-state index contributed by atoms with van der Waals surface area (Å²) < 4.78 is 0. The number of hydrogen-bond acceptors (Lipinski definition) is 6. The highest BCUT2D eigenvalue weighted by Gasteiger charge is 2.18. The van der Waals surface area contributed by atoms with Gasteiger partial charge in [-0.25, -0.2) is 0 Å². The van der Waals surface area contributed by atoms with Crippen LogP contribution in [0.2, 0.25) is 0 Å². The molecule has 6 N–H and O–H groups in total. The predicted octanol–water partition coefficient (Wildman–Crippen LogP) is -1.73. The smallest absolute Gasteiger partial charge is 0.321 e. The fourth-order valence-electron chi connectivity index (χ4n) is 0.975. The molecule has 10 heteroatoms. The molecule has 0 aromatic rings. The first-order valence-electron chi connectivity index (χ1n) is 5.39. The van der Waals surface area contributed by atoms with Crippen molar-refractivity contribution in [2.45, 2.75) is 24.9 Å². The van der Waals surface area contributed by atoms with Gasteiger partial charge in [-0.05, 0) is 14.1 Å². The third kappa shape index (κ3) is 10.9. The Bertz CT molecular complexity index is 323. The summed E-state index contributed by atoms with van der Waals surface area (Å²) in [6.07, 6.45) is -0.794. The lowest BCUT2D eigenvalue weighted by Gasteiger charge is -2.06. The van der Waals surface area contributed by atoms with Crippen LogP contribution in [0.1, 0.15) is 12.8 Å². The fourth-order valence-corrected chi connectivity index (χ4v) is 0.975. The fraction of sp³-hybridized carbons (Fsp3) is 0.600. The quantitative estimate of drug-likeness (QED) is 0.302. The Morgan fingerprint density at radius 1 is 0.750 bits per heavy atom. The van der Waals surface area contributed by atoms with Crippen molar-refractivity contribution in [1.82, 2.24) is 10.6 Å². The third-order valence-corrected chi connectivity index (χ3v) is 2.05. The van der Waals surface area contributed by atoms with Crippen LogP contribution in [0.25, 0.3) is 0 Å². The maximum atomic E-state index is 10.1. The molecule has 0 amide bonds. The third-order valence-electron chi connectivity index (χ3n) is 2.05. The standard InChI is InChI=1S/2C5H9NO4/c2*1-6-3(5(9)10)2-4(7)8/h2*3,6H,2H2,1H3,(H,7,8)(H,9,10)/t2*3-/m11/s1. The molecule has 0 saturated carbocycles. The first-order chi connectivity index (χ1) is 9.15. The van der Waals surface area contributed by atoms with Gasteiger partial charge in [-0.1, -0.05) is 0 Å². The van der Waals surface area contributed by atoms with Crippen molar-refractivity contribution in [2.24, 2.45) is 0 Å². The minimum Gasteiger partial charge on any atom is -0.481 e. The highest BCUT2D eigenvalue weighted by atomic mass is 16.4. The molecule has 0 aliphatic carbocycles. The van der Waals surface area contributed by atoms with Crippen LogP contribution < -0.4 is 10.6 Å². The Morgan fingerprint density at radius 3 is 1.05 bits per heavy atom. The lowest BCUT2D eigenvalue weighted by Crippen LogP contribution is -2.35. The Labute approximate surface area is 114 Å². The van der Waals surface area contributed by atoms with Gasteiger partial charge in [0.2, 0.25) is 0 Å². The van der Waals surface area contributed by atoms with Gasteiger partial charge in [-0.2, -0.15) is 0 Å². The van der Waals surface area contributed by atoms with Gasteiger partial charge in [0, 0.05) is 0 Å². The van der Waals surface area contributed by atoms with Crippen LogP contribution in [0.3, 0.4) is 0 Å². The summed E-state index contributed by atoms with van der Waals surface area (Å²) in [6.45, 7) is 0. The van der Waals surface area contributed by atoms with Crippen LogP contribution >= 0.6 is 0 Å². The molecule has 10 nitrogen and oxygen atoms in total. The monoisotopic (exact) mass is 294 g/mol. The van der Waals surface area contributed by atoms with Gasteiger partial charge in [0.25, 0.3) is 0 Å². The Morgan fingerprint density at radius 2 is 1.00 bits per heavy atom. The first kappa shape index (κ1) is 20.1. The van der Waals surface area contributed by atoms with Gasteiger partial charge in [0.15, 0.2) is 0 Å². The maximum absolute atomic E-state index is 10.1. The van der Waals surface area contributed by atoms with E-state index in [0.717, 1.165) is 0 Å². The average Bonchev–Trinajstić information content (AvgIpc) is 2.32. The van der Waals surface area contributed by atoms with Gasteiger partial charge in [-0.3, -0.25) is 19.2 Å². The van der Waals surface area contributed by atoms with E-state index in [9.17, 15) is 19.2 Å². The molecule has 0 fully saturated rings. The Balaban J connectivity index is 0. The van der Waals surface area contributed by atoms with Crippen LogP contribution in [0.15, 0.2) is 0 Å². The summed E-state index contributed by atoms with van der Waals surface area (Å²) in [4.78, 5) is 40.2. The van der Waals surface area contributed by atoms with Crippen molar-refractivity contribution in [2.75, 3.05) is 14.1 Å². The van der Waals surface area contributed by atoms with E-state index in [1.807, 2.05) is 0 Å². The molecule has 20 heavy (non-hydrogen) atoms. The molecular weight excluding hydrogens is 276 g/mol. The minimum atomic E-state index is -1.15. The van der Waals surface area contributed by atoms with Gasteiger partial charge >= 0.3 is 23.9 Å². The van der Waals surface area contributed by atoms with E-state index >= 15 is 0 Å². The summed E-state index contributed by atoms with van der Waals surface area (Å²) >= 11 is 0. The molecule has 0 aliphatic heterocycles. The first-order valence-corrected chi connectivity index (χ1v) is 5.39. The van der Waals surface area contributed by atoms with E-state index < -0.39 is 48.8 Å². The van der Waals surface area contributed by atoms with Crippen molar-refractivity contribution >= 4 is 23.9 Å². The Kier molecular flexibility index (Phi) is 10.8. The van der Waals surface area contributed by atoms with E-state index in [1.54, 1.807) is 0 Å². The number of nitrogens with one attached hydrogen (secondary N) is 2. The summed E-state index contributed by atoms with van der Waals surface area (Å²) in [5.41, 5.74) is 0. The van der Waals surface area contributed by atoms with E-state index in [2.05, 4.69) is 10.6 Å². The van der Waals surface area contributed by atoms with Crippen LogP contribution in [0.4, 0.5) is 0 Å². The summed E-state index contributed by atoms with van der Waals surface area (Å²) in [6, 6.07) is -1.98. The van der Waals surface area contributed by atoms with E-state index in [4.69, 9.17) is 20.4 Å². The molecule has 0 heterocycles. The molecule has 0 aromatic carbocycles. The highest BCUT2D eigenvalue weighted by Crippen LogP contribution is 1.90. The molecule has 0 spiro atoms. The predicted molar refractivity (Wildman–Crippen MR) is 65.5 cm³/mol. The minimum absolute atomic E-state index is 0.397. The van der Waals surface area contributed by atoms with Crippen LogP contribution in [-0.4, -0.2) is 70.5 Å². The van der Waals surface area contributed by atoms with Crippen LogP contribution in [0, 0.1) is 0 Å². The molecule has 116 valence electrons. The SMILES string of the molecule is CN[C@H](CC(=O)O)C(=O)O.CN[C@H](CC(=O)O)C(=O)O. The molecule has 0 unspecified atom stereocenters. The second-order valence-electron chi connectivity index (χ2n) is 3.55. The summed E-state index contributed by atoms with van der Waals surface area (Å²) in [7, 11) is 2.81. The zero-order valence-corrected chi connectivity index (χ0v) is 11.0. The number of hydrogen-bond donors (Lipinski definition) is 6. The molecule has 0 aromatic heterocycles.